The SMILES string of the molecule is CC(C)CC(NC(=O)C(C)(c1ccccc1)c1ccccc1)C(=O)NO. The Morgan fingerprint density at radius 1 is 0.962 bits per heavy atom. The number of hydrogen-bond donors (Lipinski definition) is 3. The van der Waals surface area contributed by atoms with Crippen molar-refractivity contribution >= 4 is 11.8 Å². The third kappa shape index (κ3) is 4.29. The fraction of sp³-hybridized carbons (Fsp3) is 0.333. The first-order valence-corrected chi connectivity index (χ1v) is 8.75. The van der Waals surface area contributed by atoms with Crippen LogP contribution in [0.4, 0.5) is 0 Å². The first-order valence-electron chi connectivity index (χ1n) is 8.75. The summed E-state index contributed by atoms with van der Waals surface area (Å²) in [6.45, 7) is 5.76. The molecule has 5 nitrogen and oxygen atoms in total. The van der Waals surface area contributed by atoms with Gasteiger partial charge in [0.05, 0.1) is 5.41 Å². The summed E-state index contributed by atoms with van der Waals surface area (Å²) < 4.78 is 0. The van der Waals surface area contributed by atoms with Crippen molar-refractivity contribution in [2.24, 2.45) is 5.92 Å². The smallest absolute Gasteiger partial charge is 0.265 e. The zero-order valence-electron chi connectivity index (χ0n) is 15.4. The highest BCUT2D eigenvalue weighted by atomic mass is 16.5. The van der Waals surface area contributed by atoms with Crippen LogP contribution in [0, 0.1) is 5.92 Å². The minimum Gasteiger partial charge on any atom is -0.343 e. The average molecular weight is 354 g/mol. The van der Waals surface area contributed by atoms with Crippen LogP contribution in [0.3, 0.4) is 0 Å². The molecule has 0 saturated heterocycles. The molecule has 3 N–H and O–H groups in total. The molecule has 0 bridgehead atoms. The average Bonchev–Trinajstić information content (AvgIpc) is 2.67. The Kier molecular flexibility index (Phi) is 6.52. The van der Waals surface area contributed by atoms with Crippen LogP contribution in [0.25, 0.3) is 0 Å². The van der Waals surface area contributed by atoms with Gasteiger partial charge < -0.3 is 5.32 Å². The Bertz CT molecular complexity index is 690. The summed E-state index contributed by atoms with van der Waals surface area (Å²) >= 11 is 0. The number of carbonyl (C=O) groups excluding carboxylic acids is 2. The van der Waals surface area contributed by atoms with E-state index in [1.165, 1.54) is 0 Å². The van der Waals surface area contributed by atoms with E-state index < -0.39 is 17.4 Å². The van der Waals surface area contributed by atoms with Gasteiger partial charge in [0.25, 0.3) is 5.91 Å². The molecule has 26 heavy (non-hydrogen) atoms. The fourth-order valence-corrected chi connectivity index (χ4v) is 3.06. The summed E-state index contributed by atoms with van der Waals surface area (Å²) in [6, 6.07) is 18.1. The van der Waals surface area contributed by atoms with Gasteiger partial charge in [0.15, 0.2) is 0 Å². The molecule has 1 atom stereocenters. The van der Waals surface area contributed by atoms with Crippen molar-refractivity contribution in [3.8, 4) is 0 Å². The minimum atomic E-state index is -0.965. The van der Waals surface area contributed by atoms with Crippen LogP contribution in [0.15, 0.2) is 60.7 Å². The lowest BCUT2D eigenvalue weighted by atomic mass is 9.75. The zero-order chi connectivity index (χ0) is 19.2. The molecule has 0 heterocycles. The molecule has 0 spiro atoms. The quantitative estimate of drug-likeness (QED) is 0.528. The second-order valence-electron chi connectivity index (χ2n) is 6.99. The van der Waals surface area contributed by atoms with Crippen LogP contribution in [-0.2, 0) is 15.0 Å². The van der Waals surface area contributed by atoms with Gasteiger partial charge in [-0.3, -0.25) is 14.8 Å². The second kappa shape index (κ2) is 8.63. The van der Waals surface area contributed by atoms with E-state index in [9.17, 15) is 9.59 Å². The predicted molar refractivity (Wildman–Crippen MR) is 101 cm³/mol. The Labute approximate surface area is 154 Å². The summed E-state index contributed by atoms with van der Waals surface area (Å²) in [6.07, 6.45) is 0.428. The van der Waals surface area contributed by atoms with Gasteiger partial charge in [0, 0.05) is 0 Å². The minimum absolute atomic E-state index is 0.178. The number of benzene rings is 2. The van der Waals surface area contributed by atoms with E-state index >= 15 is 0 Å². The molecule has 0 aliphatic rings. The number of hydrogen-bond acceptors (Lipinski definition) is 3. The van der Waals surface area contributed by atoms with Crippen molar-refractivity contribution in [1.82, 2.24) is 10.8 Å². The number of hydroxylamine groups is 1. The lowest BCUT2D eigenvalue weighted by Gasteiger charge is -2.31. The molecule has 0 aliphatic heterocycles. The van der Waals surface area contributed by atoms with Gasteiger partial charge in [0.2, 0.25) is 5.91 Å². The van der Waals surface area contributed by atoms with Crippen LogP contribution in [0.5, 0.6) is 0 Å². The van der Waals surface area contributed by atoms with Crippen LogP contribution in [0.2, 0.25) is 0 Å². The lowest BCUT2D eigenvalue weighted by Crippen LogP contribution is -2.52. The maximum atomic E-state index is 13.3. The van der Waals surface area contributed by atoms with E-state index in [1.807, 2.05) is 81.4 Å². The number of nitrogens with one attached hydrogen (secondary N) is 2. The molecule has 0 aliphatic carbocycles. The highest BCUT2D eigenvalue weighted by Crippen LogP contribution is 2.32. The molecule has 0 aromatic heterocycles. The Morgan fingerprint density at radius 3 is 1.81 bits per heavy atom. The van der Waals surface area contributed by atoms with Crippen molar-refractivity contribution in [2.75, 3.05) is 0 Å². The van der Waals surface area contributed by atoms with Crippen LogP contribution in [-0.4, -0.2) is 23.1 Å². The Balaban J connectivity index is 2.42. The standard InChI is InChI=1S/C21H26N2O3/c1-15(2)14-18(19(24)23-26)22-20(25)21(3,16-10-6-4-7-11-16)17-12-8-5-9-13-17/h4-13,15,18,26H,14H2,1-3H3,(H,22,25)(H,23,24). The largest absolute Gasteiger partial charge is 0.343 e. The van der Waals surface area contributed by atoms with Gasteiger partial charge in [0.1, 0.15) is 6.04 Å². The maximum Gasteiger partial charge on any atom is 0.265 e. The lowest BCUT2D eigenvalue weighted by molar-refractivity contribution is -0.136. The fourth-order valence-electron chi connectivity index (χ4n) is 3.06. The third-order valence-electron chi connectivity index (χ3n) is 4.60. The van der Waals surface area contributed by atoms with Gasteiger partial charge in [-0.05, 0) is 30.4 Å². The molecule has 0 fully saturated rings. The first-order chi connectivity index (χ1) is 12.4. The maximum absolute atomic E-state index is 13.3. The van der Waals surface area contributed by atoms with Gasteiger partial charge in [-0.2, -0.15) is 0 Å². The third-order valence-corrected chi connectivity index (χ3v) is 4.60. The molecule has 0 saturated carbocycles. The topological polar surface area (TPSA) is 78.4 Å². The van der Waals surface area contributed by atoms with Crippen molar-refractivity contribution in [1.29, 1.82) is 0 Å². The summed E-state index contributed by atoms with van der Waals surface area (Å²) in [5.74, 6) is -0.725. The van der Waals surface area contributed by atoms with Crippen molar-refractivity contribution in [2.45, 2.75) is 38.6 Å². The summed E-state index contributed by atoms with van der Waals surface area (Å²) in [7, 11) is 0. The molecule has 5 heteroatoms. The summed E-state index contributed by atoms with van der Waals surface area (Å²) in [5, 5.41) is 11.8. The predicted octanol–water partition coefficient (Wildman–Crippen LogP) is 3.03. The molecule has 2 rings (SSSR count). The van der Waals surface area contributed by atoms with Gasteiger partial charge in [-0.15, -0.1) is 0 Å². The monoisotopic (exact) mass is 354 g/mol. The van der Waals surface area contributed by atoms with E-state index in [4.69, 9.17) is 5.21 Å². The highest BCUT2D eigenvalue weighted by molar-refractivity contribution is 5.95. The van der Waals surface area contributed by atoms with Gasteiger partial charge in [-0.25, -0.2) is 5.48 Å². The molecular weight excluding hydrogens is 328 g/mol. The summed E-state index contributed by atoms with van der Waals surface area (Å²) in [4.78, 5) is 25.3. The van der Waals surface area contributed by atoms with Crippen molar-refractivity contribution in [3.63, 3.8) is 0 Å². The van der Waals surface area contributed by atoms with E-state index in [0.717, 1.165) is 11.1 Å². The van der Waals surface area contributed by atoms with Gasteiger partial charge >= 0.3 is 0 Å². The zero-order valence-corrected chi connectivity index (χ0v) is 15.4. The molecule has 2 amide bonds. The highest BCUT2D eigenvalue weighted by Gasteiger charge is 2.38. The van der Waals surface area contributed by atoms with E-state index in [0.29, 0.717) is 6.42 Å². The number of carbonyl (C=O) groups is 2. The van der Waals surface area contributed by atoms with E-state index in [1.54, 1.807) is 5.48 Å². The Morgan fingerprint density at radius 2 is 1.42 bits per heavy atom. The van der Waals surface area contributed by atoms with E-state index in [2.05, 4.69) is 5.32 Å². The van der Waals surface area contributed by atoms with Gasteiger partial charge in [-0.1, -0.05) is 74.5 Å². The Hall–Kier alpha value is -2.66. The molecule has 138 valence electrons. The number of rotatable bonds is 7. The number of amides is 2. The molecule has 2 aromatic rings. The molecule has 0 radical (unpaired) electrons. The first kappa shape index (κ1) is 19.7. The van der Waals surface area contributed by atoms with E-state index in [-0.39, 0.29) is 11.8 Å². The normalized spacial score (nSPS) is 12.5. The second-order valence-corrected chi connectivity index (χ2v) is 6.99. The molecule has 1 unspecified atom stereocenters. The van der Waals surface area contributed by atoms with Crippen LogP contribution >= 0.6 is 0 Å². The van der Waals surface area contributed by atoms with Crippen molar-refractivity contribution in [3.05, 3.63) is 71.8 Å². The van der Waals surface area contributed by atoms with Crippen LogP contribution in [0.1, 0.15) is 38.3 Å². The van der Waals surface area contributed by atoms with Crippen molar-refractivity contribution < 1.29 is 14.8 Å². The molecule has 2 aromatic carbocycles. The molecular formula is C21H26N2O3. The summed E-state index contributed by atoms with van der Waals surface area (Å²) in [5.41, 5.74) is 2.35. The van der Waals surface area contributed by atoms with Crippen LogP contribution < -0.4 is 10.8 Å².